The molecule has 0 fully saturated rings. The second-order valence-corrected chi connectivity index (χ2v) is 5.37. The van der Waals surface area contributed by atoms with Crippen LogP contribution in [0.2, 0.25) is 0 Å². The van der Waals surface area contributed by atoms with Crippen LogP contribution in [0.1, 0.15) is 22.8 Å². The van der Waals surface area contributed by atoms with Crippen LogP contribution in [-0.4, -0.2) is 44.4 Å². The van der Waals surface area contributed by atoms with Crippen molar-refractivity contribution in [2.45, 2.75) is 6.92 Å². The molecule has 2 rings (SSSR count). The number of aromatic hydroxyl groups is 4. The molecule has 9 nitrogen and oxygen atoms in total. The molecule has 0 bridgehead atoms. The lowest BCUT2D eigenvalue weighted by molar-refractivity contribution is -0.132. The summed E-state index contributed by atoms with van der Waals surface area (Å²) >= 11 is 0. The molecule has 27 heavy (non-hydrogen) atoms. The van der Waals surface area contributed by atoms with Gasteiger partial charge in [0.15, 0.2) is 17.3 Å². The zero-order valence-electron chi connectivity index (χ0n) is 14.3. The summed E-state index contributed by atoms with van der Waals surface area (Å²) in [6.45, 7) is 1.12. The lowest BCUT2D eigenvalue weighted by Crippen LogP contribution is -2.04. The predicted octanol–water partition coefficient (Wildman–Crippen LogP) is 2.22. The van der Waals surface area contributed by atoms with Gasteiger partial charge in [0.2, 0.25) is 5.75 Å². The monoisotopic (exact) mass is 376 g/mol. The Kier molecular flexibility index (Phi) is 5.45. The molecule has 9 heteroatoms. The SMILES string of the molecule is COc1cc(/C(O)=C/C(=O)c2c(O)cc(O)cc2O)cc(O)c1OC(C)=O. The van der Waals surface area contributed by atoms with Gasteiger partial charge in [-0.05, 0) is 12.1 Å². The number of methoxy groups -OCH3 is 1. The molecular weight excluding hydrogens is 360 g/mol. The summed E-state index contributed by atoms with van der Waals surface area (Å²) in [6.07, 6.45) is 0.686. The number of carbonyl (C=O) groups is 2. The number of aliphatic hydroxyl groups excluding tert-OH is 1. The number of rotatable bonds is 5. The molecule has 5 N–H and O–H groups in total. The van der Waals surface area contributed by atoms with Crippen molar-refractivity contribution in [1.82, 2.24) is 0 Å². The maximum absolute atomic E-state index is 12.2. The van der Waals surface area contributed by atoms with Gasteiger partial charge in [-0.15, -0.1) is 0 Å². The van der Waals surface area contributed by atoms with Gasteiger partial charge in [-0.25, -0.2) is 0 Å². The van der Waals surface area contributed by atoms with E-state index in [2.05, 4.69) is 0 Å². The summed E-state index contributed by atoms with van der Waals surface area (Å²) in [7, 11) is 1.24. The van der Waals surface area contributed by atoms with E-state index in [9.17, 15) is 35.1 Å². The highest BCUT2D eigenvalue weighted by molar-refractivity contribution is 6.11. The molecule has 0 spiro atoms. The van der Waals surface area contributed by atoms with Crippen LogP contribution in [0.15, 0.2) is 30.3 Å². The fraction of sp³-hybridized carbons (Fsp3) is 0.111. The third kappa shape index (κ3) is 4.21. The number of phenolic OH excluding ortho intramolecular Hbond substituents is 4. The quantitative estimate of drug-likeness (QED) is 0.174. The molecule has 0 radical (unpaired) electrons. The average Bonchev–Trinajstić information content (AvgIpc) is 2.54. The van der Waals surface area contributed by atoms with Gasteiger partial charge < -0.3 is 35.0 Å². The minimum absolute atomic E-state index is 0.0636. The lowest BCUT2D eigenvalue weighted by atomic mass is 10.0. The molecule has 2 aromatic carbocycles. The van der Waals surface area contributed by atoms with Crippen LogP contribution in [0.3, 0.4) is 0 Å². The van der Waals surface area contributed by atoms with Crippen LogP contribution in [-0.2, 0) is 4.79 Å². The van der Waals surface area contributed by atoms with Crippen LogP contribution in [0.4, 0.5) is 0 Å². The van der Waals surface area contributed by atoms with Crippen molar-refractivity contribution >= 4 is 17.5 Å². The third-order valence-electron chi connectivity index (χ3n) is 3.39. The number of phenols is 4. The number of carbonyl (C=O) groups excluding carboxylic acids is 2. The van der Waals surface area contributed by atoms with E-state index in [1.165, 1.54) is 13.2 Å². The van der Waals surface area contributed by atoms with E-state index in [0.29, 0.717) is 6.08 Å². The van der Waals surface area contributed by atoms with Crippen molar-refractivity contribution in [2.24, 2.45) is 0 Å². The molecule has 0 atom stereocenters. The zero-order chi connectivity index (χ0) is 20.3. The number of hydrogen-bond acceptors (Lipinski definition) is 9. The molecule has 0 aliphatic carbocycles. The maximum atomic E-state index is 12.2. The summed E-state index contributed by atoms with van der Waals surface area (Å²) in [5.74, 6) is -5.00. The van der Waals surface area contributed by atoms with Gasteiger partial charge in [0.25, 0.3) is 0 Å². The highest BCUT2D eigenvalue weighted by atomic mass is 16.6. The van der Waals surface area contributed by atoms with Gasteiger partial charge in [-0.3, -0.25) is 9.59 Å². The minimum atomic E-state index is -0.968. The largest absolute Gasteiger partial charge is 0.508 e. The normalized spacial score (nSPS) is 11.1. The molecule has 0 aromatic heterocycles. The van der Waals surface area contributed by atoms with E-state index in [1.54, 1.807) is 0 Å². The van der Waals surface area contributed by atoms with E-state index in [1.807, 2.05) is 0 Å². The van der Waals surface area contributed by atoms with Crippen molar-refractivity contribution in [3.63, 3.8) is 0 Å². The Morgan fingerprint density at radius 1 is 0.963 bits per heavy atom. The number of benzene rings is 2. The van der Waals surface area contributed by atoms with Gasteiger partial charge in [0.1, 0.15) is 28.6 Å². The average molecular weight is 376 g/mol. The second kappa shape index (κ2) is 7.56. The molecule has 0 amide bonds. The summed E-state index contributed by atoms with van der Waals surface area (Å²) in [5, 5.41) is 48.8. The summed E-state index contributed by atoms with van der Waals surface area (Å²) in [6, 6.07) is 3.92. The van der Waals surface area contributed by atoms with Gasteiger partial charge in [-0.2, -0.15) is 0 Å². The molecule has 0 aliphatic heterocycles. The Morgan fingerprint density at radius 2 is 1.56 bits per heavy atom. The number of ketones is 1. The second-order valence-electron chi connectivity index (χ2n) is 5.37. The molecule has 0 heterocycles. The van der Waals surface area contributed by atoms with Crippen LogP contribution < -0.4 is 9.47 Å². The Labute approximate surface area is 153 Å². The molecular formula is C18H16O9. The fourth-order valence-electron chi connectivity index (χ4n) is 2.26. The third-order valence-corrected chi connectivity index (χ3v) is 3.39. The molecule has 0 saturated heterocycles. The van der Waals surface area contributed by atoms with Gasteiger partial charge >= 0.3 is 5.97 Å². The summed E-state index contributed by atoms with van der Waals surface area (Å²) in [4.78, 5) is 23.3. The first kappa shape index (κ1) is 19.4. The first-order valence-corrected chi connectivity index (χ1v) is 7.43. The number of allylic oxidation sites excluding steroid dienone is 1. The van der Waals surface area contributed by atoms with Gasteiger partial charge in [-0.1, -0.05) is 0 Å². The highest BCUT2D eigenvalue weighted by Gasteiger charge is 2.20. The topological polar surface area (TPSA) is 154 Å². The minimum Gasteiger partial charge on any atom is -0.508 e. The highest BCUT2D eigenvalue weighted by Crippen LogP contribution is 2.39. The van der Waals surface area contributed by atoms with Crippen LogP contribution in [0.25, 0.3) is 5.76 Å². The smallest absolute Gasteiger partial charge is 0.308 e. The van der Waals surface area contributed by atoms with E-state index in [-0.39, 0.29) is 17.1 Å². The van der Waals surface area contributed by atoms with Crippen molar-refractivity contribution < 1.29 is 44.6 Å². The van der Waals surface area contributed by atoms with Crippen LogP contribution >= 0.6 is 0 Å². The van der Waals surface area contributed by atoms with Gasteiger partial charge in [0, 0.05) is 30.7 Å². The number of hydrogen-bond donors (Lipinski definition) is 5. The summed E-state index contributed by atoms with van der Waals surface area (Å²) in [5.41, 5.74) is -0.599. The molecule has 142 valence electrons. The van der Waals surface area contributed by atoms with Crippen LogP contribution in [0.5, 0.6) is 34.5 Å². The van der Waals surface area contributed by atoms with E-state index in [0.717, 1.165) is 25.1 Å². The van der Waals surface area contributed by atoms with E-state index in [4.69, 9.17) is 9.47 Å². The maximum Gasteiger partial charge on any atom is 0.308 e. The Hall–Kier alpha value is -3.88. The number of aliphatic hydroxyl groups is 1. The first-order valence-electron chi connectivity index (χ1n) is 7.43. The standard InChI is InChI=1S/C18H16O9/c1-8(19)27-18-15(25)3-9(4-16(18)26-2)11(21)7-14(24)17-12(22)5-10(20)6-13(17)23/h3-7,20-23,25H,1-2H3/b11-7-. The number of ether oxygens (including phenoxy) is 2. The summed E-state index contributed by atoms with van der Waals surface area (Å²) < 4.78 is 9.81. The number of esters is 1. The molecule has 2 aromatic rings. The van der Waals surface area contributed by atoms with Crippen LogP contribution in [0, 0.1) is 0 Å². The van der Waals surface area contributed by atoms with Gasteiger partial charge in [0.05, 0.1) is 7.11 Å². The predicted molar refractivity (Wildman–Crippen MR) is 92.3 cm³/mol. The van der Waals surface area contributed by atoms with E-state index < -0.39 is 46.1 Å². The molecule has 0 unspecified atom stereocenters. The Morgan fingerprint density at radius 3 is 2.07 bits per heavy atom. The Balaban J connectivity index is 2.45. The van der Waals surface area contributed by atoms with Crippen molar-refractivity contribution in [2.75, 3.05) is 7.11 Å². The molecule has 0 aliphatic rings. The fourth-order valence-corrected chi connectivity index (χ4v) is 2.26. The lowest BCUT2D eigenvalue weighted by Gasteiger charge is -2.12. The van der Waals surface area contributed by atoms with Crippen molar-refractivity contribution in [1.29, 1.82) is 0 Å². The van der Waals surface area contributed by atoms with E-state index >= 15 is 0 Å². The zero-order valence-corrected chi connectivity index (χ0v) is 14.3. The first-order chi connectivity index (χ1) is 12.6. The molecule has 0 saturated carbocycles. The van der Waals surface area contributed by atoms with Crippen molar-refractivity contribution in [3.05, 3.63) is 41.5 Å². The van der Waals surface area contributed by atoms with Crippen molar-refractivity contribution in [3.8, 4) is 34.5 Å². The Bertz CT molecular complexity index is 921.